The van der Waals surface area contributed by atoms with E-state index in [1.807, 2.05) is 5.32 Å². The van der Waals surface area contributed by atoms with Crippen molar-refractivity contribution < 1.29 is 19.5 Å². The minimum absolute atomic E-state index is 0.0530. The number of anilines is 1. The minimum Gasteiger partial charge on any atom is -0.478 e. The van der Waals surface area contributed by atoms with Gasteiger partial charge in [-0.1, -0.05) is 11.6 Å². The molecule has 0 aliphatic heterocycles. The third-order valence-corrected chi connectivity index (χ3v) is 3.55. The quantitative estimate of drug-likeness (QED) is 0.707. The van der Waals surface area contributed by atoms with Crippen LogP contribution in [0.5, 0.6) is 0 Å². The number of imide groups is 1. The number of hydrogen-bond acceptors (Lipinski definition) is 3. The average molecular weight is 376 g/mol. The zero-order valence-corrected chi connectivity index (χ0v) is 13.5. The third kappa shape index (κ3) is 4.87. The topological polar surface area (TPSA) is 95.5 Å². The van der Waals surface area contributed by atoms with Crippen molar-refractivity contribution in [1.82, 2.24) is 5.32 Å². The van der Waals surface area contributed by atoms with Crippen molar-refractivity contribution in [1.29, 1.82) is 0 Å². The fourth-order valence-corrected chi connectivity index (χ4v) is 1.79. The highest BCUT2D eigenvalue weighted by atomic mass is 79.9. The predicted molar refractivity (Wildman–Crippen MR) is 82.3 cm³/mol. The van der Waals surface area contributed by atoms with Crippen molar-refractivity contribution in [3.05, 3.63) is 38.8 Å². The first kappa shape index (κ1) is 17.2. The molecule has 3 N–H and O–H groups in total. The van der Waals surface area contributed by atoms with Crippen molar-refractivity contribution >= 4 is 51.1 Å². The summed E-state index contributed by atoms with van der Waals surface area (Å²) < 4.78 is 0.587. The zero-order chi connectivity index (χ0) is 16.2. The summed E-state index contributed by atoms with van der Waals surface area (Å²) in [5, 5.41) is 13.7. The molecule has 0 spiro atoms. The first-order chi connectivity index (χ1) is 9.72. The Labute approximate surface area is 134 Å². The van der Waals surface area contributed by atoms with Crippen LogP contribution < -0.4 is 10.6 Å². The van der Waals surface area contributed by atoms with Gasteiger partial charge in [0.05, 0.1) is 5.69 Å². The molecule has 8 heteroatoms. The number of carboxylic acid groups (broad SMARTS) is 1. The van der Waals surface area contributed by atoms with Crippen LogP contribution in [-0.2, 0) is 9.59 Å². The van der Waals surface area contributed by atoms with Crippen LogP contribution in [0.25, 0.3) is 0 Å². The van der Waals surface area contributed by atoms with E-state index in [4.69, 9.17) is 16.7 Å². The maximum Gasteiger partial charge on any atom is 0.331 e. The molecule has 0 aliphatic carbocycles. The number of amides is 3. The summed E-state index contributed by atoms with van der Waals surface area (Å²) in [5.74, 6) is -2.01. The standard InChI is InChI=1S/C13H12BrClN2O4/c1-6(7(2)12(19)20)11(18)17-13(21)16-10-5-8(15)3-4-9(10)14/h3-5H,1-2H3,(H,19,20)(H2,16,17,18,21)/b7-6+. The van der Waals surface area contributed by atoms with E-state index >= 15 is 0 Å². The highest BCUT2D eigenvalue weighted by Gasteiger charge is 2.15. The molecule has 0 aromatic heterocycles. The third-order valence-electron chi connectivity index (χ3n) is 2.63. The van der Waals surface area contributed by atoms with Gasteiger partial charge in [-0.15, -0.1) is 0 Å². The number of hydrogen-bond donors (Lipinski definition) is 3. The van der Waals surface area contributed by atoms with Gasteiger partial charge in [-0.05, 0) is 48.0 Å². The summed E-state index contributed by atoms with van der Waals surface area (Å²) in [4.78, 5) is 34.2. The lowest BCUT2D eigenvalue weighted by Crippen LogP contribution is -2.35. The smallest absolute Gasteiger partial charge is 0.331 e. The summed E-state index contributed by atoms with van der Waals surface area (Å²) in [6.07, 6.45) is 0. The number of urea groups is 1. The average Bonchev–Trinajstić information content (AvgIpc) is 2.40. The number of carbonyl (C=O) groups is 3. The molecule has 6 nitrogen and oxygen atoms in total. The maximum atomic E-state index is 11.7. The number of halogens is 2. The molecule has 112 valence electrons. The Morgan fingerprint density at radius 1 is 1.19 bits per heavy atom. The molecule has 21 heavy (non-hydrogen) atoms. The molecule has 0 bridgehead atoms. The van der Waals surface area contributed by atoms with Gasteiger partial charge in [0.25, 0.3) is 5.91 Å². The van der Waals surface area contributed by atoms with E-state index < -0.39 is 17.9 Å². The normalized spacial score (nSPS) is 11.4. The first-order valence-electron chi connectivity index (χ1n) is 5.70. The van der Waals surface area contributed by atoms with Gasteiger partial charge in [0.2, 0.25) is 0 Å². The van der Waals surface area contributed by atoms with E-state index in [1.165, 1.54) is 19.9 Å². The van der Waals surface area contributed by atoms with Crippen LogP contribution >= 0.6 is 27.5 Å². The van der Waals surface area contributed by atoms with Crippen LogP contribution in [0.2, 0.25) is 5.02 Å². The summed E-state index contributed by atoms with van der Waals surface area (Å²) in [5.41, 5.74) is 0.191. The van der Waals surface area contributed by atoms with Crippen molar-refractivity contribution in [2.45, 2.75) is 13.8 Å². The monoisotopic (exact) mass is 374 g/mol. The van der Waals surface area contributed by atoms with Gasteiger partial charge in [0.15, 0.2) is 0 Å². The molecule has 0 aliphatic rings. The summed E-state index contributed by atoms with van der Waals surface area (Å²) in [7, 11) is 0. The summed E-state index contributed by atoms with van der Waals surface area (Å²) in [6, 6.07) is 3.98. The van der Waals surface area contributed by atoms with E-state index in [2.05, 4.69) is 21.2 Å². The molecule has 0 heterocycles. The minimum atomic E-state index is -1.22. The molecule has 1 rings (SSSR count). The number of benzene rings is 1. The molecule has 0 radical (unpaired) electrons. The number of carbonyl (C=O) groups excluding carboxylic acids is 2. The molecule has 3 amide bonds. The molecule has 0 atom stereocenters. The zero-order valence-electron chi connectivity index (χ0n) is 11.2. The second-order valence-corrected chi connectivity index (χ2v) is 5.38. The highest BCUT2D eigenvalue weighted by Crippen LogP contribution is 2.25. The Morgan fingerprint density at radius 2 is 1.81 bits per heavy atom. The van der Waals surface area contributed by atoms with Crippen LogP contribution in [0.15, 0.2) is 33.8 Å². The SMILES string of the molecule is C/C(C(=O)O)=C(/C)C(=O)NC(=O)Nc1cc(Cl)ccc1Br. The molecule has 0 saturated heterocycles. The number of aliphatic carboxylic acids is 1. The molecule has 0 unspecified atom stereocenters. The molecule has 1 aromatic rings. The summed E-state index contributed by atoms with van der Waals surface area (Å²) >= 11 is 9.02. The summed E-state index contributed by atoms with van der Waals surface area (Å²) in [6.45, 7) is 2.60. The Morgan fingerprint density at radius 3 is 2.38 bits per heavy atom. The maximum absolute atomic E-state index is 11.7. The number of rotatable bonds is 3. The van der Waals surface area contributed by atoms with Crippen LogP contribution in [0.1, 0.15) is 13.8 Å². The number of nitrogens with one attached hydrogen (secondary N) is 2. The van der Waals surface area contributed by atoms with Crippen molar-refractivity contribution in [3.63, 3.8) is 0 Å². The second-order valence-electron chi connectivity index (χ2n) is 4.09. The van der Waals surface area contributed by atoms with E-state index in [-0.39, 0.29) is 11.1 Å². The fourth-order valence-electron chi connectivity index (χ4n) is 1.27. The second kappa shape index (κ2) is 7.24. The van der Waals surface area contributed by atoms with Gasteiger partial charge in [0.1, 0.15) is 0 Å². The van der Waals surface area contributed by atoms with Gasteiger partial charge >= 0.3 is 12.0 Å². The van der Waals surface area contributed by atoms with Gasteiger partial charge in [-0.3, -0.25) is 10.1 Å². The van der Waals surface area contributed by atoms with Gasteiger partial charge in [0, 0.05) is 20.6 Å². The highest BCUT2D eigenvalue weighted by molar-refractivity contribution is 9.10. The Balaban J connectivity index is 2.79. The predicted octanol–water partition coefficient (Wildman–Crippen LogP) is 3.17. The van der Waals surface area contributed by atoms with Gasteiger partial charge in [-0.2, -0.15) is 0 Å². The molecule has 1 aromatic carbocycles. The Kier molecular flexibility index (Phi) is 5.92. The molecule has 0 saturated carbocycles. The lowest BCUT2D eigenvalue weighted by molar-refractivity contribution is -0.133. The van der Waals surface area contributed by atoms with E-state index in [0.717, 1.165) is 0 Å². The van der Waals surface area contributed by atoms with Gasteiger partial charge in [-0.25, -0.2) is 9.59 Å². The van der Waals surface area contributed by atoms with Crippen LogP contribution in [-0.4, -0.2) is 23.0 Å². The fraction of sp³-hybridized carbons (Fsp3) is 0.154. The lowest BCUT2D eigenvalue weighted by Gasteiger charge is -2.09. The molecular weight excluding hydrogens is 364 g/mol. The van der Waals surface area contributed by atoms with Crippen molar-refractivity contribution in [2.24, 2.45) is 0 Å². The van der Waals surface area contributed by atoms with Crippen molar-refractivity contribution in [3.8, 4) is 0 Å². The lowest BCUT2D eigenvalue weighted by atomic mass is 10.1. The Bertz CT molecular complexity index is 643. The van der Waals surface area contributed by atoms with Crippen LogP contribution in [0.3, 0.4) is 0 Å². The van der Waals surface area contributed by atoms with E-state index in [0.29, 0.717) is 15.2 Å². The largest absolute Gasteiger partial charge is 0.478 e. The van der Waals surface area contributed by atoms with E-state index in [1.54, 1.807) is 12.1 Å². The molecular formula is C13H12BrClN2O4. The van der Waals surface area contributed by atoms with Crippen molar-refractivity contribution in [2.75, 3.05) is 5.32 Å². The molecule has 0 fully saturated rings. The van der Waals surface area contributed by atoms with Gasteiger partial charge < -0.3 is 10.4 Å². The van der Waals surface area contributed by atoms with E-state index in [9.17, 15) is 14.4 Å². The van der Waals surface area contributed by atoms with Crippen LogP contribution in [0.4, 0.5) is 10.5 Å². The van der Waals surface area contributed by atoms with Crippen LogP contribution in [0, 0.1) is 0 Å². The first-order valence-corrected chi connectivity index (χ1v) is 6.87. The number of carboxylic acids is 1. The Hall–Kier alpha value is -1.86.